The second-order valence-electron chi connectivity index (χ2n) is 3.63. The molecule has 3 N–H and O–H groups in total. The molecule has 19 heavy (non-hydrogen) atoms. The Morgan fingerprint density at radius 2 is 2.05 bits per heavy atom. The number of nitro benzene ring substituents is 1. The summed E-state index contributed by atoms with van der Waals surface area (Å²) in [6.07, 6.45) is -0.0910. The van der Waals surface area contributed by atoms with E-state index in [2.05, 4.69) is 20.3 Å². The summed E-state index contributed by atoms with van der Waals surface area (Å²) in [5.41, 5.74) is 6.03. The van der Waals surface area contributed by atoms with Crippen molar-refractivity contribution in [2.24, 2.45) is 0 Å². The number of rotatable bonds is 4. The molecule has 1 aromatic carbocycles. The van der Waals surface area contributed by atoms with E-state index >= 15 is 0 Å². The molecule has 0 fully saturated rings. The van der Waals surface area contributed by atoms with Crippen molar-refractivity contribution in [1.29, 1.82) is 0 Å². The number of aromatic nitrogens is 2. The van der Waals surface area contributed by atoms with Crippen LogP contribution in [0, 0.1) is 10.1 Å². The average Bonchev–Trinajstić information content (AvgIpc) is 2.75. The van der Waals surface area contributed by atoms with E-state index in [1.165, 1.54) is 24.3 Å². The van der Waals surface area contributed by atoms with Gasteiger partial charge in [-0.05, 0) is 17.3 Å². The van der Waals surface area contributed by atoms with Crippen LogP contribution in [0.1, 0.15) is 5.69 Å². The number of anilines is 2. The minimum atomic E-state index is -0.520. The molecule has 0 aliphatic rings. The number of amides is 1. The van der Waals surface area contributed by atoms with Gasteiger partial charge in [-0.25, -0.2) is 4.63 Å². The Morgan fingerprint density at radius 3 is 2.58 bits per heavy atom. The van der Waals surface area contributed by atoms with Crippen molar-refractivity contribution in [2.45, 2.75) is 6.42 Å². The van der Waals surface area contributed by atoms with Crippen molar-refractivity contribution < 1.29 is 14.3 Å². The number of non-ortho nitro benzene ring substituents is 1. The van der Waals surface area contributed by atoms with Crippen LogP contribution in [-0.2, 0) is 11.2 Å². The molecule has 1 aromatic heterocycles. The number of hydrogen-bond donors (Lipinski definition) is 2. The molecule has 0 bridgehead atoms. The number of carbonyl (C=O) groups is 1. The summed E-state index contributed by atoms with van der Waals surface area (Å²) in [6.45, 7) is 0. The van der Waals surface area contributed by atoms with Crippen LogP contribution in [0.5, 0.6) is 0 Å². The molecule has 0 aliphatic heterocycles. The Kier molecular flexibility index (Phi) is 3.37. The van der Waals surface area contributed by atoms with E-state index in [-0.39, 0.29) is 29.5 Å². The fraction of sp³-hybridized carbons (Fsp3) is 0.100. The second-order valence-corrected chi connectivity index (χ2v) is 3.63. The maximum atomic E-state index is 11.6. The van der Waals surface area contributed by atoms with E-state index in [1.54, 1.807) is 0 Å². The summed E-state index contributed by atoms with van der Waals surface area (Å²) in [5.74, 6) is -0.324. The number of hydrogen-bond acceptors (Lipinski definition) is 7. The second kappa shape index (κ2) is 5.12. The number of nitro groups is 1. The summed E-state index contributed by atoms with van der Waals surface area (Å²) in [4.78, 5) is 21.6. The van der Waals surface area contributed by atoms with Gasteiger partial charge in [0, 0.05) is 17.8 Å². The Bertz CT molecular complexity index is 607. The molecular weight excluding hydrogens is 254 g/mol. The van der Waals surface area contributed by atoms with E-state index in [1.807, 2.05) is 0 Å². The zero-order valence-corrected chi connectivity index (χ0v) is 9.57. The van der Waals surface area contributed by atoms with Gasteiger partial charge in [0.25, 0.3) is 5.69 Å². The highest BCUT2D eigenvalue weighted by molar-refractivity contribution is 5.92. The molecule has 98 valence electrons. The molecule has 0 unspecified atom stereocenters. The van der Waals surface area contributed by atoms with Crippen LogP contribution in [0.25, 0.3) is 0 Å². The summed E-state index contributed by atoms with van der Waals surface area (Å²) in [6, 6.07) is 5.45. The maximum absolute atomic E-state index is 11.6. The topological polar surface area (TPSA) is 137 Å². The fourth-order valence-corrected chi connectivity index (χ4v) is 1.36. The predicted octanol–water partition coefficient (Wildman–Crippen LogP) is 0.741. The zero-order chi connectivity index (χ0) is 13.8. The van der Waals surface area contributed by atoms with Crippen LogP contribution in [0.3, 0.4) is 0 Å². The molecule has 1 amide bonds. The van der Waals surface area contributed by atoms with Gasteiger partial charge in [0.05, 0.1) is 11.3 Å². The smallest absolute Gasteiger partial charge is 0.269 e. The number of nitrogen functional groups attached to an aromatic ring is 1. The first kappa shape index (κ1) is 12.5. The van der Waals surface area contributed by atoms with Crippen LogP contribution < -0.4 is 11.1 Å². The quantitative estimate of drug-likeness (QED) is 0.612. The molecule has 0 saturated heterocycles. The van der Waals surface area contributed by atoms with Crippen LogP contribution in [0.2, 0.25) is 0 Å². The highest BCUT2D eigenvalue weighted by Crippen LogP contribution is 2.15. The number of benzene rings is 1. The first-order valence-corrected chi connectivity index (χ1v) is 5.17. The Labute approximate surface area is 106 Å². The van der Waals surface area contributed by atoms with Crippen molar-refractivity contribution in [2.75, 3.05) is 11.1 Å². The van der Waals surface area contributed by atoms with Crippen molar-refractivity contribution in [1.82, 2.24) is 10.3 Å². The SMILES string of the molecule is Nc1nonc1CC(=O)Nc1ccc([N+](=O)[O-])cc1. The largest absolute Gasteiger partial charge is 0.379 e. The van der Waals surface area contributed by atoms with E-state index < -0.39 is 4.92 Å². The Hall–Kier alpha value is -2.97. The van der Waals surface area contributed by atoms with Gasteiger partial charge < -0.3 is 11.1 Å². The lowest BCUT2D eigenvalue weighted by molar-refractivity contribution is -0.384. The van der Waals surface area contributed by atoms with Crippen molar-refractivity contribution in [3.05, 3.63) is 40.1 Å². The zero-order valence-electron chi connectivity index (χ0n) is 9.57. The number of nitrogens with one attached hydrogen (secondary N) is 1. The van der Waals surface area contributed by atoms with Gasteiger partial charge in [0.2, 0.25) is 5.91 Å². The summed E-state index contributed by atoms with van der Waals surface area (Å²) in [7, 11) is 0. The summed E-state index contributed by atoms with van der Waals surface area (Å²) >= 11 is 0. The van der Waals surface area contributed by atoms with E-state index in [0.29, 0.717) is 5.69 Å². The lowest BCUT2D eigenvalue weighted by atomic mass is 10.2. The van der Waals surface area contributed by atoms with Crippen LogP contribution in [-0.4, -0.2) is 21.1 Å². The van der Waals surface area contributed by atoms with E-state index in [9.17, 15) is 14.9 Å². The van der Waals surface area contributed by atoms with Crippen LogP contribution in [0.15, 0.2) is 28.9 Å². The number of nitrogens with two attached hydrogens (primary N) is 1. The lowest BCUT2D eigenvalue weighted by Gasteiger charge is -2.03. The maximum Gasteiger partial charge on any atom is 0.269 e. The standard InChI is InChI=1S/C10H9N5O4/c11-10-8(13-19-14-10)5-9(16)12-6-1-3-7(4-2-6)15(17)18/h1-4H,5H2,(H2,11,14)(H,12,16). The fourth-order valence-electron chi connectivity index (χ4n) is 1.36. The minimum absolute atomic E-state index is 0.0528. The first-order valence-electron chi connectivity index (χ1n) is 5.17. The number of carbonyl (C=O) groups excluding carboxylic acids is 1. The van der Waals surface area contributed by atoms with Gasteiger partial charge >= 0.3 is 0 Å². The molecule has 2 rings (SSSR count). The average molecular weight is 263 g/mol. The highest BCUT2D eigenvalue weighted by atomic mass is 16.6. The van der Waals surface area contributed by atoms with Gasteiger partial charge in [-0.1, -0.05) is 5.16 Å². The molecule has 2 aromatic rings. The van der Waals surface area contributed by atoms with E-state index in [4.69, 9.17) is 5.73 Å². The summed E-state index contributed by atoms with van der Waals surface area (Å²) < 4.78 is 4.36. The summed E-state index contributed by atoms with van der Waals surface area (Å²) in [5, 5.41) is 19.8. The van der Waals surface area contributed by atoms with Crippen LogP contribution >= 0.6 is 0 Å². The molecule has 0 radical (unpaired) electrons. The molecule has 9 nitrogen and oxygen atoms in total. The third-order valence-corrected chi connectivity index (χ3v) is 2.28. The third-order valence-electron chi connectivity index (χ3n) is 2.28. The highest BCUT2D eigenvalue weighted by Gasteiger charge is 2.12. The molecule has 0 atom stereocenters. The van der Waals surface area contributed by atoms with Gasteiger partial charge in [-0.15, -0.1) is 0 Å². The third kappa shape index (κ3) is 3.03. The minimum Gasteiger partial charge on any atom is -0.379 e. The van der Waals surface area contributed by atoms with Gasteiger partial charge in [0.15, 0.2) is 5.82 Å². The number of nitrogens with zero attached hydrogens (tertiary/aromatic N) is 3. The molecule has 0 aliphatic carbocycles. The van der Waals surface area contributed by atoms with Gasteiger partial charge in [0.1, 0.15) is 5.69 Å². The van der Waals surface area contributed by atoms with Gasteiger partial charge in [-0.3, -0.25) is 14.9 Å². The normalized spacial score (nSPS) is 10.1. The van der Waals surface area contributed by atoms with Crippen molar-refractivity contribution >= 4 is 23.1 Å². The van der Waals surface area contributed by atoms with Crippen molar-refractivity contribution in [3.63, 3.8) is 0 Å². The van der Waals surface area contributed by atoms with E-state index in [0.717, 1.165) is 0 Å². The lowest BCUT2D eigenvalue weighted by Crippen LogP contribution is -2.15. The molecule has 0 saturated carbocycles. The van der Waals surface area contributed by atoms with Gasteiger partial charge in [-0.2, -0.15) is 0 Å². The van der Waals surface area contributed by atoms with Crippen molar-refractivity contribution in [3.8, 4) is 0 Å². The predicted molar refractivity (Wildman–Crippen MR) is 64.1 cm³/mol. The first-order chi connectivity index (χ1) is 9.06. The molecular formula is C10H9N5O4. The molecule has 9 heteroatoms. The van der Waals surface area contributed by atoms with Crippen LogP contribution in [0.4, 0.5) is 17.2 Å². The Morgan fingerprint density at radius 1 is 1.37 bits per heavy atom. The molecule has 0 spiro atoms. The Balaban J connectivity index is 1.99. The monoisotopic (exact) mass is 263 g/mol. The molecule has 1 heterocycles.